The van der Waals surface area contributed by atoms with Crippen LogP contribution in [0.3, 0.4) is 0 Å². The van der Waals surface area contributed by atoms with Crippen molar-refractivity contribution >= 4 is 12.2 Å². The Morgan fingerprint density at radius 3 is 1.53 bits per heavy atom. The predicted octanol–water partition coefficient (Wildman–Crippen LogP) is 1.70. The van der Waals surface area contributed by atoms with Crippen LogP contribution in [0, 0.1) is 0 Å². The zero-order valence-corrected chi connectivity index (χ0v) is 19.6. The molecule has 1 saturated heterocycles. The van der Waals surface area contributed by atoms with Gasteiger partial charge in [0, 0.05) is 26.2 Å². The molecule has 2 rings (SSSR count). The SMILES string of the molecule is O=C(O)N1CCOCCOCCOCCN(C(=O)OCc2ccccc2)CCOCCOCC1. The molecule has 11 heteroatoms. The first-order chi connectivity index (χ1) is 16.7. The van der Waals surface area contributed by atoms with Gasteiger partial charge >= 0.3 is 12.2 Å². The van der Waals surface area contributed by atoms with Gasteiger partial charge in [-0.25, -0.2) is 9.59 Å². The number of carbonyl (C=O) groups is 2. The van der Waals surface area contributed by atoms with E-state index in [1.54, 1.807) is 4.90 Å². The summed E-state index contributed by atoms with van der Waals surface area (Å²) in [6, 6.07) is 9.48. The van der Waals surface area contributed by atoms with E-state index < -0.39 is 12.2 Å². The molecular formula is C23H36N2O9. The Bertz CT molecular complexity index is 678. The number of nitrogens with zero attached hydrogens (tertiary/aromatic N) is 2. The first-order valence-electron chi connectivity index (χ1n) is 11.5. The second-order valence-electron chi connectivity index (χ2n) is 7.36. The zero-order valence-electron chi connectivity index (χ0n) is 19.6. The van der Waals surface area contributed by atoms with Crippen LogP contribution in [0.1, 0.15) is 5.56 Å². The van der Waals surface area contributed by atoms with Gasteiger partial charge in [-0.1, -0.05) is 30.3 Å². The fraction of sp³-hybridized carbons (Fsp3) is 0.652. The van der Waals surface area contributed by atoms with E-state index in [-0.39, 0.29) is 32.9 Å². The van der Waals surface area contributed by atoms with Crippen LogP contribution in [0.2, 0.25) is 0 Å². The van der Waals surface area contributed by atoms with Gasteiger partial charge in [-0.2, -0.15) is 0 Å². The Labute approximate surface area is 200 Å². The molecule has 0 saturated carbocycles. The van der Waals surface area contributed by atoms with Crippen LogP contribution in [0.15, 0.2) is 30.3 Å². The minimum Gasteiger partial charge on any atom is -0.465 e. The highest BCUT2D eigenvalue weighted by Gasteiger charge is 2.15. The summed E-state index contributed by atoms with van der Waals surface area (Å²) < 4.78 is 32.9. The first-order valence-corrected chi connectivity index (χ1v) is 11.5. The molecule has 1 fully saturated rings. The lowest BCUT2D eigenvalue weighted by Crippen LogP contribution is -2.37. The molecule has 1 N–H and O–H groups in total. The molecule has 0 unspecified atom stereocenters. The van der Waals surface area contributed by atoms with Crippen LogP contribution in [0.4, 0.5) is 9.59 Å². The maximum absolute atomic E-state index is 12.6. The van der Waals surface area contributed by atoms with Crippen LogP contribution in [-0.4, -0.2) is 119 Å². The molecule has 0 aliphatic carbocycles. The van der Waals surface area contributed by atoms with Gasteiger partial charge in [0.25, 0.3) is 0 Å². The highest BCUT2D eigenvalue weighted by molar-refractivity contribution is 5.67. The lowest BCUT2D eigenvalue weighted by Gasteiger charge is -2.22. The molecule has 0 bridgehead atoms. The minimum absolute atomic E-state index is 0.189. The molecule has 0 aromatic heterocycles. The van der Waals surface area contributed by atoms with E-state index in [1.165, 1.54) is 4.90 Å². The molecule has 2 amide bonds. The quantitative estimate of drug-likeness (QED) is 0.669. The van der Waals surface area contributed by atoms with E-state index in [9.17, 15) is 14.7 Å². The summed E-state index contributed by atoms with van der Waals surface area (Å²) in [5.41, 5.74) is 0.909. The Hall–Kier alpha value is -2.44. The summed E-state index contributed by atoms with van der Waals surface area (Å²) in [6.07, 6.45) is -1.46. The van der Waals surface area contributed by atoms with Gasteiger partial charge in [-0.15, -0.1) is 0 Å². The van der Waals surface area contributed by atoms with Crippen molar-refractivity contribution in [2.24, 2.45) is 0 Å². The fourth-order valence-electron chi connectivity index (χ4n) is 2.97. The molecule has 1 aromatic carbocycles. The third-order valence-electron chi connectivity index (χ3n) is 4.87. The van der Waals surface area contributed by atoms with E-state index in [1.807, 2.05) is 30.3 Å². The third kappa shape index (κ3) is 12.7. The number of amides is 2. The van der Waals surface area contributed by atoms with Crippen molar-refractivity contribution in [1.82, 2.24) is 9.80 Å². The third-order valence-corrected chi connectivity index (χ3v) is 4.87. The highest BCUT2D eigenvalue weighted by Crippen LogP contribution is 2.04. The van der Waals surface area contributed by atoms with Gasteiger partial charge < -0.3 is 43.3 Å². The van der Waals surface area contributed by atoms with E-state index in [4.69, 9.17) is 28.4 Å². The molecular weight excluding hydrogens is 448 g/mol. The molecule has 0 radical (unpaired) electrons. The van der Waals surface area contributed by atoms with Crippen LogP contribution in [0.5, 0.6) is 0 Å². The first kappa shape index (κ1) is 27.8. The number of carbonyl (C=O) groups excluding carboxylic acids is 1. The number of ether oxygens (including phenoxy) is 6. The minimum atomic E-state index is -1.02. The van der Waals surface area contributed by atoms with Crippen LogP contribution < -0.4 is 0 Å². The van der Waals surface area contributed by atoms with Gasteiger partial charge in [0.15, 0.2) is 0 Å². The van der Waals surface area contributed by atoms with E-state index >= 15 is 0 Å². The number of hydrogen-bond acceptors (Lipinski definition) is 8. The van der Waals surface area contributed by atoms with Gasteiger partial charge in [0.2, 0.25) is 0 Å². The summed E-state index contributed by atoms with van der Waals surface area (Å²) in [5, 5.41) is 9.26. The molecule has 0 atom stereocenters. The van der Waals surface area contributed by atoms with Crippen LogP contribution in [-0.2, 0) is 35.0 Å². The summed E-state index contributed by atoms with van der Waals surface area (Å²) in [4.78, 5) is 26.7. The number of hydrogen-bond donors (Lipinski definition) is 1. The summed E-state index contributed by atoms with van der Waals surface area (Å²) in [7, 11) is 0. The van der Waals surface area contributed by atoms with Crippen molar-refractivity contribution in [3.05, 3.63) is 35.9 Å². The molecule has 34 heavy (non-hydrogen) atoms. The lowest BCUT2D eigenvalue weighted by atomic mass is 10.2. The van der Waals surface area contributed by atoms with Gasteiger partial charge in [0.1, 0.15) is 6.61 Å². The van der Waals surface area contributed by atoms with Crippen molar-refractivity contribution in [1.29, 1.82) is 0 Å². The molecule has 11 nitrogen and oxygen atoms in total. The predicted molar refractivity (Wildman–Crippen MR) is 122 cm³/mol. The second kappa shape index (κ2) is 18.0. The largest absolute Gasteiger partial charge is 0.465 e. The smallest absolute Gasteiger partial charge is 0.410 e. The standard InChI is InChI=1S/C23H36N2O9/c26-22(27)24-6-10-29-14-15-31-12-8-25(23(28)34-20-21-4-2-1-3-5-21)9-13-32-17-19-33-18-16-30-11-7-24/h1-5H,6-20H2,(H,26,27). The molecule has 192 valence electrons. The van der Waals surface area contributed by atoms with E-state index in [2.05, 4.69) is 0 Å². The van der Waals surface area contributed by atoms with Gasteiger partial charge in [-0.05, 0) is 5.56 Å². The maximum atomic E-state index is 12.6. The molecule has 0 spiro atoms. The number of benzene rings is 1. The summed E-state index contributed by atoms with van der Waals surface area (Å²) >= 11 is 0. The van der Waals surface area contributed by atoms with Crippen LogP contribution >= 0.6 is 0 Å². The van der Waals surface area contributed by atoms with E-state index in [0.717, 1.165) is 5.56 Å². The average Bonchev–Trinajstić information content (AvgIpc) is 2.84. The molecule has 1 aromatic rings. The second-order valence-corrected chi connectivity index (χ2v) is 7.36. The monoisotopic (exact) mass is 484 g/mol. The zero-order chi connectivity index (χ0) is 24.3. The highest BCUT2D eigenvalue weighted by atomic mass is 16.6. The Morgan fingerprint density at radius 2 is 1.09 bits per heavy atom. The maximum Gasteiger partial charge on any atom is 0.410 e. The van der Waals surface area contributed by atoms with Crippen molar-refractivity contribution in [2.75, 3.05) is 92.2 Å². The Balaban J connectivity index is 1.78. The molecule has 1 heterocycles. The Morgan fingerprint density at radius 1 is 0.676 bits per heavy atom. The summed E-state index contributed by atoms with van der Waals surface area (Å²) in [5.74, 6) is 0. The number of carboxylic acid groups (broad SMARTS) is 1. The number of rotatable bonds is 2. The van der Waals surface area contributed by atoms with Crippen molar-refractivity contribution < 1.29 is 43.1 Å². The van der Waals surface area contributed by atoms with Crippen molar-refractivity contribution in [3.63, 3.8) is 0 Å². The average molecular weight is 485 g/mol. The molecule has 1 aliphatic rings. The van der Waals surface area contributed by atoms with Crippen LogP contribution in [0.25, 0.3) is 0 Å². The fourth-order valence-corrected chi connectivity index (χ4v) is 2.97. The summed E-state index contributed by atoms with van der Waals surface area (Å²) in [6.45, 7) is 4.77. The topological polar surface area (TPSA) is 116 Å². The van der Waals surface area contributed by atoms with Crippen molar-refractivity contribution in [3.8, 4) is 0 Å². The van der Waals surface area contributed by atoms with Gasteiger partial charge in [-0.3, -0.25) is 0 Å². The van der Waals surface area contributed by atoms with Gasteiger partial charge in [0.05, 0.1) is 66.1 Å². The van der Waals surface area contributed by atoms with E-state index in [0.29, 0.717) is 65.9 Å². The Kier molecular flexibility index (Phi) is 14.7. The lowest BCUT2D eigenvalue weighted by molar-refractivity contribution is 0.00572. The van der Waals surface area contributed by atoms with Crippen molar-refractivity contribution in [2.45, 2.75) is 6.61 Å². The normalized spacial score (nSPS) is 19.1. The molecule has 1 aliphatic heterocycles.